The lowest BCUT2D eigenvalue weighted by molar-refractivity contribution is 0.259. The minimum absolute atomic E-state index is 0.415. The normalized spacial score (nSPS) is 22.7. The van der Waals surface area contributed by atoms with Gasteiger partial charge in [0.15, 0.2) is 0 Å². The maximum absolute atomic E-state index is 5.63. The maximum Gasteiger partial charge on any atom is 0.240 e. The number of likely N-dealkylation sites (tertiary alicyclic amines) is 1. The average Bonchev–Trinajstić information content (AvgIpc) is 2.77. The summed E-state index contributed by atoms with van der Waals surface area (Å²) in [7, 11) is 0. The molecule has 0 bridgehead atoms. The Morgan fingerprint density at radius 2 is 2.33 bits per heavy atom. The molecule has 84 valence electrons. The van der Waals surface area contributed by atoms with Gasteiger partial charge in [-0.25, -0.2) is 4.68 Å². The van der Waals surface area contributed by atoms with Crippen LogP contribution in [0.15, 0.2) is 0 Å². The number of nitrogens with zero attached hydrogens (tertiary/aromatic N) is 5. The highest BCUT2D eigenvalue weighted by atomic mass is 15.6. The van der Waals surface area contributed by atoms with Gasteiger partial charge in [0, 0.05) is 12.6 Å². The summed E-state index contributed by atoms with van der Waals surface area (Å²) in [5, 5.41) is 11.1. The largest absolute Gasteiger partial charge is 0.367 e. The van der Waals surface area contributed by atoms with Crippen LogP contribution < -0.4 is 5.73 Å². The molecular formula is C9H18N6. The first-order valence-corrected chi connectivity index (χ1v) is 5.42. The lowest BCUT2D eigenvalue weighted by Crippen LogP contribution is -2.29. The Morgan fingerprint density at radius 1 is 1.53 bits per heavy atom. The van der Waals surface area contributed by atoms with E-state index in [1.54, 1.807) is 4.68 Å². The van der Waals surface area contributed by atoms with Crippen LogP contribution in [-0.4, -0.2) is 44.2 Å². The van der Waals surface area contributed by atoms with E-state index in [0.717, 1.165) is 13.1 Å². The van der Waals surface area contributed by atoms with Gasteiger partial charge in [0.1, 0.15) is 0 Å². The van der Waals surface area contributed by atoms with Gasteiger partial charge in [0.05, 0.1) is 6.54 Å². The van der Waals surface area contributed by atoms with Crippen LogP contribution in [-0.2, 0) is 6.54 Å². The summed E-state index contributed by atoms with van der Waals surface area (Å²) < 4.78 is 1.69. The Labute approximate surface area is 89.4 Å². The second-order valence-electron chi connectivity index (χ2n) is 4.46. The maximum atomic E-state index is 5.63. The molecule has 2 rings (SSSR count). The molecule has 1 aromatic heterocycles. The standard InChI is InChI=1S/C9H18N6/c1-7(2)14-4-3-8(5-14)6-15-9(10)11-12-13-15/h7-8H,3-6H2,1-2H3,(H2,10,11,13). The predicted molar refractivity (Wildman–Crippen MR) is 57.0 cm³/mol. The number of hydrogen-bond donors (Lipinski definition) is 1. The van der Waals surface area contributed by atoms with Crippen LogP contribution in [0.4, 0.5) is 5.95 Å². The number of hydrogen-bond acceptors (Lipinski definition) is 5. The minimum Gasteiger partial charge on any atom is -0.367 e. The zero-order valence-corrected chi connectivity index (χ0v) is 9.30. The second-order valence-corrected chi connectivity index (χ2v) is 4.46. The Hall–Kier alpha value is -1.17. The van der Waals surface area contributed by atoms with Crippen molar-refractivity contribution < 1.29 is 0 Å². The van der Waals surface area contributed by atoms with Crippen LogP contribution in [0.2, 0.25) is 0 Å². The summed E-state index contributed by atoms with van der Waals surface area (Å²) >= 11 is 0. The fourth-order valence-electron chi connectivity index (χ4n) is 2.07. The van der Waals surface area contributed by atoms with Gasteiger partial charge in [-0.3, -0.25) is 0 Å². The molecule has 2 N–H and O–H groups in total. The highest BCUT2D eigenvalue weighted by Crippen LogP contribution is 2.20. The van der Waals surface area contributed by atoms with Gasteiger partial charge in [-0.15, -0.1) is 0 Å². The highest BCUT2D eigenvalue weighted by Gasteiger charge is 2.25. The van der Waals surface area contributed by atoms with Crippen molar-refractivity contribution >= 4 is 5.95 Å². The first-order valence-electron chi connectivity index (χ1n) is 5.42. The molecule has 6 nitrogen and oxygen atoms in total. The Bertz CT molecular complexity index is 320. The smallest absolute Gasteiger partial charge is 0.240 e. The zero-order chi connectivity index (χ0) is 10.8. The number of tetrazole rings is 1. The van der Waals surface area contributed by atoms with Crippen LogP contribution in [0.5, 0.6) is 0 Å². The molecule has 0 amide bonds. The molecule has 0 radical (unpaired) electrons. The van der Waals surface area contributed by atoms with Crippen LogP contribution in [0.25, 0.3) is 0 Å². The van der Waals surface area contributed by atoms with Gasteiger partial charge in [0.2, 0.25) is 5.95 Å². The lowest BCUT2D eigenvalue weighted by Gasteiger charge is -2.20. The molecular weight excluding hydrogens is 192 g/mol. The second kappa shape index (κ2) is 4.14. The van der Waals surface area contributed by atoms with Gasteiger partial charge in [0.25, 0.3) is 0 Å². The van der Waals surface area contributed by atoms with Crippen LogP contribution in [0.1, 0.15) is 20.3 Å². The van der Waals surface area contributed by atoms with Crippen molar-refractivity contribution in [3.63, 3.8) is 0 Å². The minimum atomic E-state index is 0.415. The van der Waals surface area contributed by atoms with Crippen molar-refractivity contribution in [3.05, 3.63) is 0 Å². The molecule has 1 aromatic rings. The van der Waals surface area contributed by atoms with E-state index in [0.29, 0.717) is 17.9 Å². The van der Waals surface area contributed by atoms with E-state index in [1.165, 1.54) is 13.0 Å². The van der Waals surface area contributed by atoms with Gasteiger partial charge in [-0.05, 0) is 43.2 Å². The van der Waals surface area contributed by atoms with E-state index in [2.05, 4.69) is 34.3 Å². The third-order valence-corrected chi connectivity index (χ3v) is 3.04. The lowest BCUT2D eigenvalue weighted by atomic mass is 10.1. The molecule has 15 heavy (non-hydrogen) atoms. The number of anilines is 1. The van der Waals surface area contributed by atoms with Crippen LogP contribution >= 0.6 is 0 Å². The first kappa shape index (κ1) is 10.4. The van der Waals surface area contributed by atoms with Crippen molar-refractivity contribution in [1.82, 2.24) is 25.1 Å². The van der Waals surface area contributed by atoms with Gasteiger partial charge >= 0.3 is 0 Å². The van der Waals surface area contributed by atoms with E-state index >= 15 is 0 Å². The third kappa shape index (κ3) is 2.26. The summed E-state index contributed by atoms with van der Waals surface area (Å²) in [6.45, 7) is 7.59. The van der Waals surface area contributed by atoms with E-state index in [4.69, 9.17) is 5.73 Å². The average molecular weight is 210 g/mol. The molecule has 1 aliphatic rings. The summed E-state index contributed by atoms with van der Waals surface area (Å²) in [4.78, 5) is 2.48. The summed E-state index contributed by atoms with van der Waals surface area (Å²) in [6, 6.07) is 0.626. The Balaban J connectivity index is 1.90. The number of aromatic nitrogens is 4. The fourth-order valence-corrected chi connectivity index (χ4v) is 2.07. The molecule has 1 unspecified atom stereocenters. The topological polar surface area (TPSA) is 72.9 Å². The number of nitrogens with two attached hydrogens (primary N) is 1. The molecule has 0 spiro atoms. The summed E-state index contributed by atoms with van der Waals surface area (Å²) in [5.41, 5.74) is 5.63. The van der Waals surface area contributed by atoms with Crippen molar-refractivity contribution in [1.29, 1.82) is 0 Å². The monoisotopic (exact) mass is 210 g/mol. The van der Waals surface area contributed by atoms with Crippen molar-refractivity contribution in [2.75, 3.05) is 18.8 Å². The molecule has 2 heterocycles. The van der Waals surface area contributed by atoms with E-state index in [9.17, 15) is 0 Å². The molecule has 1 saturated heterocycles. The Morgan fingerprint density at radius 3 is 2.87 bits per heavy atom. The van der Waals surface area contributed by atoms with E-state index < -0.39 is 0 Å². The van der Waals surface area contributed by atoms with Gasteiger partial charge in [-0.1, -0.05) is 5.10 Å². The summed E-state index contributed by atoms with van der Waals surface area (Å²) in [5.74, 6) is 1.04. The molecule has 0 aromatic carbocycles. The first-order chi connectivity index (χ1) is 7.16. The highest BCUT2D eigenvalue weighted by molar-refractivity contribution is 5.10. The van der Waals surface area contributed by atoms with E-state index in [-0.39, 0.29) is 0 Å². The third-order valence-electron chi connectivity index (χ3n) is 3.04. The molecule has 1 fully saturated rings. The number of rotatable bonds is 3. The predicted octanol–water partition coefficient (Wildman–Crippen LogP) is -0.0144. The number of nitrogen functional groups attached to an aromatic ring is 1. The van der Waals surface area contributed by atoms with Gasteiger partial charge < -0.3 is 10.6 Å². The van der Waals surface area contributed by atoms with Crippen LogP contribution in [0.3, 0.4) is 0 Å². The van der Waals surface area contributed by atoms with Crippen molar-refractivity contribution in [3.8, 4) is 0 Å². The summed E-state index contributed by atoms with van der Waals surface area (Å²) in [6.07, 6.45) is 1.21. The van der Waals surface area contributed by atoms with Crippen LogP contribution in [0, 0.1) is 5.92 Å². The van der Waals surface area contributed by atoms with Crippen molar-refractivity contribution in [2.24, 2.45) is 5.92 Å². The molecule has 0 saturated carbocycles. The molecule has 0 aliphatic carbocycles. The Kier molecular flexibility index (Phi) is 2.86. The molecule has 1 atom stereocenters. The fraction of sp³-hybridized carbons (Fsp3) is 0.889. The SMILES string of the molecule is CC(C)N1CCC(Cn2nnnc2N)C1. The molecule has 6 heteroatoms. The quantitative estimate of drug-likeness (QED) is 0.759. The van der Waals surface area contributed by atoms with Crippen molar-refractivity contribution in [2.45, 2.75) is 32.9 Å². The molecule has 1 aliphatic heterocycles. The van der Waals surface area contributed by atoms with Gasteiger partial charge in [-0.2, -0.15) is 0 Å². The zero-order valence-electron chi connectivity index (χ0n) is 9.30. The van der Waals surface area contributed by atoms with E-state index in [1.807, 2.05) is 0 Å².